The number of methoxy groups -OCH3 is 2. The van der Waals surface area contributed by atoms with Gasteiger partial charge in [0.1, 0.15) is 11.6 Å². The van der Waals surface area contributed by atoms with Gasteiger partial charge in [0.25, 0.3) is 0 Å². The summed E-state index contributed by atoms with van der Waals surface area (Å²) in [6, 6.07) is 5.36. The van der Waals surface area contributed by atoms with Crippen LogP contribution in [0.15, 0.2) is 34.5 Å². The van der Waals surface area contributed by atoms with Gasteiger partial charge >= 0.3 is 5.97 Å². The number of ether oxygens (including phenoxy) is 2. The molecule has 0 saturated heterocycles. The van der Waals surface area contributed by atoms with Crippen molar-refractivity contribution in [2.45, 2.75) is 12.8 Å². The third kappa shape index (κ3) is 3.05. The molecule has 7 heteroatoms. The highest BCUT2D eigenvalue weighted by Gasteiger charge is 2.41. The average Bonchev–Trinajstić information content (AvgIpc) is 2.54. The molecule has 2 atom stereocenters. The lowest BCUT2D eigenvalue weighted by atomic mass is 9.76. The fourth-order valence-corrected chi connectivity index (χ4v) is 2.82. The summed E-state index contributed by atoms with van der Waals surface area (Å²) in [4.78, 5) is 16.5. The van der Waals surface area contributed by atoms with Crippen molar-refractivity contribution in [3.05, 3.63) is 46.7 Å². The predicted molar refractivity (Wildman–Crippen MR) is 82.2 cm³/mol. The molecule has 126 valence electrons. The monoisotopic (exact) mass is 334 g/mol. The largest absolute Gasteiger partial charge is 0.466 e. The van der Waals surface area contributed by atoms with Crippen LogP contribution in [0, 0.1) is 28.9 Å². The van der Waals surface area contributed by atoms with Crippen molar-refractivity contribution in [3.8, 4) is 6.07 Å². The molecule has 0 aliphatic carbocycles. The molecule has 1 aromatic rings. The molecule has 2 rings (SSSR count). The molecule has 5 nitrogen and oxygen atoms in total. The fourth-order valence-electron chi connectivity index (χ4n) is 2.82. The highest BCUT2D eigenvalue weighted by Crippen LogP contribution is 2.41. The first-order valence-corrected chi connectivity index (χ1v) is 7.15. The molecule has 0 radical (unpaired) electrons. The number of hydrogen-bond donors (Lipinski definition) is 0. The first kappa shape index (κ1) is 17.8. The third-order valence-corrected chi connectivity index (χ3v) is 3.85. The first-order chi connectivity index (χ1) is 11.5. The number of hydrogen-bond acceptors (Lipinski definition) is 5. The van der Waals surface area contributed by atoms with Crippen LogP contribution in [0.1, 0.15) is 18.4 Å². The predicted octanol–water partition coefficient (Wildman–Crippen LogP) is 2.74. The summed E-state index contributed by atoms with van der Waals surface area (Å²) in [5, 5.41) is 9.48. The molecule has 1 aliphatic heterocycles. The number of aliphatic imine (C=N–C) groups is 1. The molecule has 24 heavy (non-hydrogen) atoms. The van der Waals surface area contributed by atoms with Crippen LogP contribution < -0.4 is 0 Å². The van der Waals surface area contributed by atoms with E-state index in [-0.39, 0.29) is 23.4 Å². The second-order valence-corrected chi connectivity index (χ2v) is 5.26. The number of halogens is 2. The van der Waals surface area contributed by atoms with E-state index in [0.29, 0.717) is 5.71 Å². The van der Waals surface area contributed by atoms with E-state index >= 15 is 0 Å². The third-order valence-electron chi connectivity index (χ3n) is 3.85. The van der Waals surface area contributed by atoms with Crippen molar-refractivity contribution in [3.63, 3.8) is 0 Å². The lowest BCUT2D eigenvalue weighted by Crippen LogP contribution is -2.31. The Morgan fingerprint density at radius 3 is 2.46 bits per heavy atom. The molecule has 0 bridgehead atoms. The van der Waals surface area contributed by atoms with Gasteiger partial charge in [-0.1, -0.05) is 6.07 Å². The minimum atomic E-state index is -1.16. The van der Waals surface area contributed by atoms with Gasteiger partial charge in [-0.3, -0.25) is 4.99 Å². The van der Waals surface area contributed by atoms with Crippen molar-refractivity contribution >= 4 is 11.7 Å². The van der Waals surface area contributed by atoms with Crippen LogP contribution in [0.3, 0.4) is 0 Å². The SMILES string of the molecule is COCC1=C(C(=O)OC)[C@@H](c2c(F)cccc2F)C(C#N)C(C)=N1. The summed E-state index contributed by atoms with van der Waals surface area (Å²) in [7, 11) is 2.56. The first-order valence-electron chi connectivity index (χ1n) is 7.15. The maximum atomic E-state index is 14.3. The summed E-state index contributed by atoms with van der Waals surface area (Å²) in [6.45, 7) is 1.52. The second kappa shape index (κ2) is 7.32. The van der Waals surface area contributed by atoms with Gasteiger partial charge in [-0.25, -0.2) is 13.6 Å². The molecular weight excluding hydrogens is 318 g/mol. The van der Waals surface area contributed by atoms with Gasteiger partial charge in [0.2, 0.25) is 0 Å². The molecule has 1 aliphatic rings. The van der Waals surface area contributed by atoms with Gasteiger partial charge < -0.3 is 9.47 Å². The smallest absolute Gasteiger partial charge is 0.336 e. The van der Waals surface area contributed by atoms with E-state index in [9.17, 15) is 18.8 Å². The molecular formula is C17H16F2N2O3. The standard InChI is InChI=1S/C17H16F2N2O3/c1-9-10(7-20)14(15-11(18)5-4-6-12(15)19)16(17(22)24-3)13(21-9)8-23-2/h4-6,10,14H,8H2,1-3H3/t10?,14-/m1/s1. The lowest BCUT2D eigenvalue weighted by Gasteiger charge is -2.29. The highest BCUT2D eigenvalue weighted by atomic mass is 19.1. The summed E-state index contributed by atoms with van der Waals surface area (Å²) >= 11 is 0. The average molecular weight is 334 g/mol. The van der Waals surface area contributed by atoms with Crippen LogP contribution in [0.5, 0.6) is 0 Å². The summed E-state index contributed by atoms with van der Waals surface area (Å²) in [6.07, 6.45) is 0. The van der Waals surface area contributed by atoms with E-state index in [1.54, 1.807) is 6.92 Å². The zero-order valence-corrected chi connectivity index (χ0v) is 13.5. The van der Waals surface area contributed by atoms with Crippen LogP contribution in [-0.2, 0) is 14.3 Å². The Hall–Kier alpha value is -2.59. The van der Waals surface area contributed by atoms with Crippen molar-refractivity contribution in [2.75, 3.05) is 20.8 Å². The minimum Gasteiger partial charge on any atom is -0.466 e. The molecule has 0 spiro atoms. The molecule has 0 fully saturated rings. The van der Waals surface area contributed by atoms with Gasteiger partial charge in [0.15, 0.2) is 0 Å². The Morgan fingerprint density at radius 1 is 1.33 bits per heavy atom. The Bertz CT molecular complexity index is 745. The Kier molecular flexibility index (Phi) is 5.42. The Labute approximate surface area is 138 Å². The molecule has 0 aromatic heterocycles. The van der Waals surface area contributed by atoms with Gasteiger partial charge in [-0.2, -0.15) is 5.26 Å². The van der Waals surface area contributed by atoms with Gasteiger partial charge in [-0.15, -0.1) is 0 Å². The van der Waals surface area contributed by atoms with E-state index in [0.717, 1.165) is 19.2 Å². The van der Waals surface area contributed by atoms with E-state index in [1.807, 2.05) is 6.07 Å². The molecule has 1 heterocycles. The van der Waals surface area contributed by atoms with Crippen LogP contribution in [0.2, 0.25) is 0 Å². The maximum Gasteiger partial charge on any atom is 0.336 e. The zero-order chi connectivity index (χ0) is 17.9. The number of nitriles is 1. The summed E-state index contributed by atoms with van der Waals surface area (Å²) < 4.78 is 38.4. The molecule has 0 N–H and O–H groups in total. The van der Waals surface area contributed by atoms with Gasteiger partial charge in [0.05, 0.1) is 37.0 Å². The minimum absolute atomic E-state index is 0.0491. The molecule has 1 unspecified atom stereocenters. The Morgan fingerprint density at radius 2 is 1.96 bits per heavy atom. The van der Waals surface area contributed by atoms with Gasteiger partial charge in [0, 0.05) is 24.3 Å². The van der Waals surface area contributed by atoms with E-state index in [1.165, 1.54) is 13.2 Å². The number of rotatable bonds is 4. The summed E-state index contributed by atoms with van der Waals surface area (Å²) in [5.74, 6) is -4.63. The van der Waals surface area contributed by atoms with Crippen molar-refractivity contribution in [2.24, 2.45) is 10.9 Å². The quantitative estimate of drug-likeness (QED) is 0.794. The second-order valence-electron chi connectivity index (χ2n) is 5.26. The maximum absolute atomic E-state index is 14.3. The van der Waals surface area contributed by atoms with Crippen LogP contribution in [0.4, 0.5) is 8.78 Å². The highest BCUT2D eigenvalue weighted by molar-refractivity contribution is 5.98. The molecule has 0 amide bonds. The van der Waals surface area contributed by atoms with Crippen LogP contribution >= 0.6 is 0 Å². The summed E-state index contributed by atoms with van der Waals surface area (Å²) in [5.41, 5.74) is 0.124. The normalized spacial score (nSPS) is 20.4. The van der Waals surface area contributed by atoms with E-state index in [2.05, 4.69) is 4.99 Å². The Balaban J connectivity index is 2.78. The number of benzene rings is 1. The van der Waals surface area contributed by atoms with E-state index < -0.39 is 29.4 Å². The zero-order valence-electron chi connectivity index (χ0n) is 13.5. The van der Waals surface area contributed by atoms with Crippen molar-refractivity contribution in [1.82, 2.24) is 0 Å². The number of carbonyl (C=O) groups is 1. The number of carbonyl (C=O) groups excluding carboxylic acids is 1. The molecule has 1 aromatic carbocycles. The van der Waals surface area contributed by atoms with E-state index in [4.69, 9.17) is 9.47 Å². The van der Waals surface area contributed by atoms with Crippen molar-refractivity contribution < 1.29 is 23.0 Å². The fraction of sp³-hybridized carbons (Fsp3) is 0.353. The number of esters is 1. The van der Waals surface area contributed by atoms with Crippen LogP contribution in [-0.4, -0.2) is 32.5 Å². The van der Waals surface area contributed by atoms with Crippen LogP contribution in [0.25, 0.3) is 0 Å². The topological polar surface area (TPSA) is 71.7 Å². The van der Waals surface area contributed by atoms with Gasteiger partial charge in [-0.05, 0) is 19.1 Å². The molecule has 0 saturated carbocycles. The lowest BCUT2D eigenvalue weighted by molar-refractivity contribution is -0.136. The number of nitrogens with zero attached hydrogens (tertiary/aromatic N) is 2. The van der Waals surface area contributed by atoms with Crippen molar-refractivity contribution in [1.29, 1.82) is 5.26 Å².